The molecule has 1 aliphatic carbocycles. The molecule has 2 rings (SSSR count). The summed E-state index contributed by atoms with van der Waals surface area (Å²) < 4.78 is 5.57. The normalized spacial score (nSPS) is 27.5. The fourth-order valence-corrected chi connectivity index (χ4v) is 3.45. The smallest absolute Gasteiger partial charge is 0.119 e. The Kier molecular flexibility index (Phi) is 4.51. The molecular formula is C17H26O2. The molecule has 0 bridgehead atoms. The molecular weight excluding hydrogens is 236 g/mol. The Labute approximate surface area is 116 Å². The Morgan fingerprint density at radius 3 is 2.84 bits per heavy atom. The summed E-state index contributed by atoms with van der Waals surface area (Å²) >= 11 is 0. The van der Waals surface area contributed by atoms with Gasteiger partial charge in [0.05, 0.1) is 12.2 Å². The van der Waals surface area contributed by atoms with E-state index in [9.17, 15) is 5.11 Å². The van der Waals surface area contributed by atoms with Gasteiger partial charge in [-0.2, -0.15) is 0 Å². The van der Waals surface area contributed by atoms with Gasteiger partial charge in [-0.1, -0.05) is 38.8 Å². The first-order valence-electron chi connectivity index (χ1n) is 7.53. The zero-order valence-corrected chi connectivity index (χ0v) is 12.4. The summed E-state index contributed by atoms with van der Waals surface area (Å²) in [7, 11) is 0. The van der Waals surface area contributed by atoms with E-state index in [0.717, 1.165) is 30.6 Å². The van der Waals surface area contributed by atoms with Gasteiger partial charge in [0.25, 0.3) is 0 Å². The zero-order valence-electron chi connectivity index (χ0n) is 12.4. The molecule has 0 saturated heterocycles. The quantitative estimate of drug-likeness (QED) is 0.884. The van der Waals surface area contributed by atoms with Crippen molar-refractivity contribution in [2.45, 2.75) is 52.1 Å². The van der Waals surface area contributed by atoms with Crippen molar-refractivity contribution in [3.63, 3.8) is 0 Å². The first-order valence-corrected chi connectivity index (χ1v) is 7.53. The van der Waals surface area contributed by atoms with E-state index in [-0.39, 0.29) is 0 Å². The summed E-state index contributed by atoms with van der Waals surface area (Å²) in [4.78, 5) is 0. The average Bonchev–Trinajstić information content (AvgIpc) is 2.39. The molecule has 1 aromatic rings. The molecule has 0 amide bonds. The van der Waals surface area contributed by atoms with E-state index >= 15 is 0 Å². The number of hydrogen-bond acceptors (Lipinski definition) is 2. The standard InChI is InChI=1S/C17H26O2/c1-4-19-15-9-7-8-14(12-15)17(18)11-6-5-10-16(17)13(2)3/h7-9,12-13,16,18H,4-6,10-11H2,1-3H3. The lowest BCUT2D eigenvalue weighted by atomic mass is 9.67. The van der Waals surface area contributed by atoms with E-state index in [1.54, 1.807) is 0 Å². The molecule has 2 unspecified atom stereocenters. The maximum absolute atomic E-state index is 11.2. The molecule has 0 heterocycles. The molecule has 1 N–H and O–H groups in total. The van der Waals surface area contributed by atoms with Crippen LogP contribution in [-0.4, -0.2) is 11.7 Å². The number of benzene rings is 1. The summed E-state index contributed by atoms with van der Waals surface area (Å²) in [5, 5.41) is 11.2. The minimum absolute atomic E-state index is 0.345. The fourth-order valence-electron chi connectivity index (χ4n) is 3.45. The van der Waals surface area contributed by atoms with E-state index in [1.165, 1.54) is 6.42 Å². The van der Waals surface area contributed by atoms with Crippen LogP contribution < -0.4 is 4.74 Å². The van der Waals surface area contributed by atoms with Crippen molar-refractivity contribution in [1.29, 1.82) is 0 Å². The Balaban J connectivity index is 2.33. The van der Waals surface area contributed by atoms with E-state index in [4.69, 9.17) is 4.74 Å². The van der Waals surface area contributed by atoms with Crippen LogP contribution in [0.25, 0.3) is 0 Å². The topological polar surface area (TPSA) is 29.5 Å². The Morgan fingerprint density at radius 1 is 1.37 bits per heavy atom. The van der Waals surface area contributed by atoms with Crippen LogP contribution in [0.15, 0.2) is 24.3 Å². The number of aliphatic hydroxyl groups is 1. The Hall–Kier alpha value is -1.02. The van der Waals surface area contributed by atoms with E-state index < -0.39 is 5.60 Å². The van der Waals surface area contributed by atoms with Gasteiger partial charge in [-0.05, 0) is 49.3 Å². The summed E-state index contributed by atoms with van der Waals surface area (Å²) in [6, 6.07) is 8.02. The van der Waals surface area contributed by atoms with Crippen molar-refractivity contribution in [3.05, 3.63) is 29.8 Å². The molecule has 1 fully saturated rings. The molecule has 0 radical (unpaired) electrons. The lowest BCUT2D eigenvalue weighted by Crippen LogP contribution is -2.40. The minimum Gasteiger partial charge on any atom is -0.494 e. The van der Waals surface area contributed by atoms with Crippen LogP contribution in [0.3, 0.4) is 0 Å². The molecule has 2 heteroatoms. The van der Waals surface area contributed by atoms with Gasteiger partial charge in [0.1, 0.15) is 5.75 Å². The van der Waals surface area contributed by atoms with E-state index in [1.807, 2.05) is 31.2 Å². The van der Waals surface area contributed by atoms with Gasteiger partial charge in [0.2, 0.25) is 0 Å². The molecule has 19 heavy (non-hydrogen) atoms. The van der Waals surface area contributed by atoms with Crippen LogP contribution in [0.4, 0.5) is 0 Å². The molecule has 1 saturated carbocycles. The second-order valence-corrected chi connectivity index (χ2v) is 5.98. The first kappa shape index (κ1) is 14.4. The highest BCUT2D eigenvalue weighted by atomic mass is 16.5. The van der Waals surface area contributed by atoms with Gasteiger partial charge in [-0.25, -0.2) is 0 Å². The monoisotopic (exact) mass is 262 g/mol. The third-order valence-electron chi connectivity index (χ3n) is 4.39. The van der Waals surface area contributed by atoms with Gasteiger partial charge >= 0.3 is 0 Å². The maximum Gasteiger partial charge on any atom is 0.119 e. The molecule has 0 aromatic heterocycles. The van der Waals surface area contributed by atoms with Crippen LogP contribution in [0.2, 0.25) is 0 Å². The molecule has 106 valence electrons. The Morgan fingerprint density at radius 2 is 2.16 bits per heavy atom. The molecule has 0 spiro atoms. The van der Waals surface area contributed by atoms with Gasteiger partial charge in [-0.3, -0.25) is 0 Å². The van der Waals surface area contributed by atoms with Crippen molar-refractivity contribution in [3.8, 4) is 5.75 Å². The summed E-state index contributed by atoms with van der Waals surface area (Å²) in [6.45, 7) is 7.08. The second kappa shape index (κ2) is 5.96. The highest BCUT2D eigenvalue weighted by Gasteiger charge is 2.41. The van der Waals surface area contributed by atoms with Gasteiger partial charge in [0.15, 0.2) is 0 Å². The van der Waals surface area contributed by atoms with Crippen LogP contribution in [-0.2, 0) is 5.60 Å². The van der Waals surface area contributed by atoms with Crippen LogP contribution in [0, 0.1) is 11.8 Å². The van der Waals surface area contributed by atoms with Crippen LogP contribution >= 0.6 is 0 Å². The predicted octanol–water partition coefficient (Wildman–Crippen LogP) is 4.12. The third kappa shape index (κ3) is 2.94. The third-order valence-corrected chi connectivity index (χ3v) is 4.39. The van der Waals surface area contributed by atoms with Gasteiger partial charge in [0, 0.05) is 0 Å². The van der Waals surface area contributed by atoms with E-state index in [2.05, 4.69) is 13.8 Å². The van der Waals surface area contributed by atoms with Crippen molar-refractivity contribution >= 4 is 0 Å². The molecule has 2 nitrogen and oxygen atoms in total. The lowest BCUT2D eigenvalue weighted by Gasteiger charge is -2.43. The highest BCUT2D eigenvalue weighted by molar-refractivity contribution is 5.33. The van der Waals surface area contributed by atoms with Crippen LogP contribution in [0.1, 0.15) is 52.0 Å². The summed E-state index contributed by atoms with van der Waals surface area (Å²) in [5.74, 6) is 1.71. The number of hydrogen-bond donors (Lipinski definition) is 1. The SMILES string of the molecule is CCOc1cccc(C2(O)CCCCC2C(C)C)c1. The fraction of sp³-hybridized carbons (Fsp3) is 0.647. The lowest BCUT2D eigenvalue weighted by molar-refractivity contribution is -0.0722. The highest BCUT2D eigenvalue weighted by Crippen LogP contribution is 2.45. The summed E-state index contributed by atoms with van der Waals surface area (Å²) in [6.07, 6.45) is 4.33. The number of rotatable bonds is 4. The van der Waals surface area contributed by atoms with Crippen LogP contribution in [0.5, 0.6) is 5.75 Å². The average molecular weight is 262 g/mol. The maximum atomic E-state index is 11.2. The zero-order chi connectivity index (χ0) is 13.9. The van der Waals surface area contributed by atoms with Gasteiger partial charge in [-0.15, -0.1) is 0 Å². The van der Waals surface area contributed by atoms with Crippen molar-refractivity contribution in [2.75, 3.05) is 6.61 Å². The van der Waals surface area contributed by atoms with Crippen molar-refractivity contribution in [2.24, 2.45) is 11.8 Å². The predicted molar refractivity (Wildman–Crippen MR) is 78.3 cm³/mol. The van der Waals surface area contributed by atoms with E-state index in [0.29, 0.717) is 18.4 Å². The first-order chi connectivity index (χ1) is 9.08. The molecule has 0 aliphatic heterocycles. The largest absolute Gasteiger partial charge is 0.494 e. The van der Waals surface area contributed by atoms with Crippen molar-refractivity contribution < 1.29 is 9.84 Å². The molecule has 1 aromatic carbocycles. The minimum atomic E-state index is -0.681. The number of ether oxygens (including phenoxy) is 1. The summed E-state index contributed by atoms with van der Waals surface area (Å²) in [5.41, 5.74) is 0.344. The van der Waals surface area contributed by atoms with Gasteiger partial charge < -0.3 is 9.84 Å². The Bertz CT molecular complexity index is 413. The van der Waals surface area contributed by atoms with Crippen molar-refractivity contribution in [1.82, 2.24) is 0 Å². The molecule has 1 aliphatic rings. The molecule has 2 atom stereocenters. The second-order valence-electron chi connectivity index (χ2n) is 5.98.